The van der Waals surface area contributed by atoms with Crippen molar-refractivity contribution in [1.82, 2.24) is 14.9 Å². The average Bonchev–Trinajstić information content (AvgIpc) is 3.25. The maximum atomic E-state index is 12.7. The van der Waals surface area contributed by atoms with Gasteiger partial charge in [-0.3, -0.25) is 14.9 Å². The van der Waals surface area contributed by atoms with Crippen LogP contribution in [0.15, 0.2) is 23.1 Å². The second kappa shape index (κ2) is 7.83. The van der Waals surface area contributed by atoms with E-state index in [0.29, 0.717) is 18.8 Å². The molecule has 0 radical (unpaired) electrons. The molecule has 27 heavy (non-hydrogen) atoms. The maximum absolute atomic E-state index is 12.7. The van der Waals surface area contributed by atoms with Gasteiger partial charge < -0.3 is 10.6 Å². The molecule has 0 bridgehead atoms. The SMILES string of the molecule is O=C(CCC1NC(=O)NC1=O)Nc1ccc(Cl)c(S(=O)(=O)N2CCCC2)c1. The number of benzene rings is 1. The number of carbonyl (C=O) groups excluding carboxylic acids is 3. The van der Waals surface area contributed by atoms with Gasteiger partial charge in [0.1, 0.15) is 10.9 Å². The highest BCUT2D eigenvalue weighted by molar-refractivity contribution is 7.89. The van der Waals surface area contributed by atoms with Gasteiger partial charge in [0.15, 0.2) is 0 Å². The third-order valence-electron chi connectivity index (χ3n) is 4.42. The van der Waals surface area contributed by atoms with E-state index in [1.165, 1.54) is 22.5 Å². The lowest BCUT2D eigenvalue weighted by Gasteiger charge is -2.17. The van der Waals surface area contributed by atoms with Gasteiger partial charge in [-0.1, -0.05) is 11.6 Å². The molecule has 146 valence electrons. The van der Waals surface area contributed by atoms with Crippen LogP contribution in [0.1, 0.15) is 25.7 Å². The Hall–Kier alpha value is -2.17. The predicted octanol–water partition coefficient (Wildman–Crippen LogP) is 1.05. The molecule has 3 N–H and O–H groups in total. The van der Waals surface area contributed by atoms with Crippen molar-refractivity contribution >= 4 is 45.2 Å². The van der Waals surface area contributed by atoms with Crippen LogP contribution in [-0.2, 0) is 19.6 Å². The van der Waals surface area contributed by atoms with Crippen LogP contribution in [-0.4, -0.2) is 49.7 Å². The first-order chi connectivity index (χ1) is 12.8. The number of anilines is 1. The maximum Gasteiger partial charge on any atom is 0.322 e. The first-order valence-corrected chi connectivity index (χ1v) is 10.3. The van der Waals surface area contributed by atoms with Gasteiger partial charge in [-0.25, -0.2) is 13.2 Å². The lowest BCUT2D eigenvalue weighted by atomic mass is 10.1. The van der Waals surface area contributed by atoms with Crippen molar-refractivity contribution in [2.75, 3.05) is 18.4 Å². The Labute approximate surface area is 161 Å². The minimum absolute atomic E-state index is 0.0186. The predicted molar refractivity (Wildman–Crippen MR) is 97.8 cm³/mol. The lowest BCUT2D eigenvalue weighted by Crippen LogP contribution is -2.30. The molecule has 1 aromatic carbocycles. The highest BCUT2D eigenvalue weighted by Crippen LogP contribution is 2.29. The highest BCUT2D eigenvalue weighted by atomic mass is 35.5. The van der Waals surface area contributed by atoms with E-state index in [0.717, 1.165) is 12.8 Å². The first-order valence-electron chi connectivity index (χ1n) is 8.48. The lowest BCUT2D eigenvalue weighted by molar-refractivity contribution is -0.120. The summed E-state index contributed by atoms with van der Waals surface area (Å²) >= 11 is 6.07. The number of nitrogens with one attached hydrogen (secondary N) is 3. The number of halogens is 1. The quantitative estimate of drug-likeness (QED) is 0.600. The molecular formula is C16H19ClN4O5S. The standard InChI is InChI=1S/C16H19ClN4O5S/c17-11-4-3-10(9-13(11)27(25,26)21-7-1-2-8-21)18-14(22)6-5-12-15(23)20-16(24)19-12/h3-4,9,12H,1-2,5-8H2,(H,18,22)(H2,19,20,23,24). The van der Waals surface area contributed by atoms with Gasteiger partial charge in [0.25, 0.3) is 5.91 Å². The summed E-state index contributed by atoms with van der Waals surface area (Å²) in [6, 6.07) is 2.93. The zero-order valence-electron chi connectivity index (χ0n) is 14.3. The zero-order valence-corrected chi connectivity index (χ0v) is 15.9. The molecule has 1 aromatic rings. The van der Waals surface area contributed by atoms with Gasteiger partial charge in [0, 0.05) is 25.2 Å². The van der Waals surface area contributed by atoms with Crippen molar-refractivity contribution in [2.24, 2.45) is 0 Å². The molecule has 4 amide bonds. The first kappa shape index (κ1) is 19.6. The van der Waals surface area contributed by atoms with Crippen molar-refractivity contribution in [3.8, 4) is 0 Å². The molecule has 9 nitrogen and oxygen atoms in total. The van der Waals surface area contributed by atoms with Gasteiger partial charge in [-0.05, 0) is 37.5 Å². The Morgan fingerprint density at radius 1 is 1.26 bits per heavy atom. The van der Waals surface area contributed by atoms with Crippen molar-refractivity contribution in [3.05, 3.63) is 23.2 Å². The van der Waals surface area contributed by atoms with E-state index in [4.69, 9.17) is 11.6 Å². The minimum Gasteiger partial charge on any atom is -0.326 e. The molecule has 1 atom stereocenters. The van der Waals surface area contributed by atoms with Gasteiger partial charge >= 0.3 is 6.03 Å². The summed E-state index contributed by atoms with van der Waals surface area (Å²) in [5, 5.41) is 7.18. The summed E-state index contributed by atoms with van der Waals surface area (Å²) in [6.45, 7) is 0.898. The largest absolute Gasteiger partial charge is 0.326 e. The number of hydrogen-bond acceptors (Lipinski definition) is 5. The molecule has 2 saturated heterocycles. The van der Waals surface area contributed by atoms with E-state index >= 15 is 0 Å². The van der Waals surface area contributed by atoms with Crippen LogP contribution in [0.4, 0.5) is 10.5 Å². The second-order valence-corrected chi connectivity index (χ2v) is 8.67. The third-order valence-corrected chi connectivity index (χ3v) is 6.80. The number of sulfonamides is 1. The monoisotopic (exact) mass is 414 g/mol. The Morgan fingerprint density at radius 3 is 2.59 bits per heavy atom. The van der Waals surface area contributed by atoms with E-state index in [2.05, 4.69) is 16.0 Å². The third kappa shape index (κ3) is 4.40. The fraction of sp³-hybridized carbons (Fsp3) is 0.438. The van der Waals surface area contributed by atoms with Crippen LogP contribution < -0.4 is 16.0 Å². The smallest absolute Gasteiger partial charge is 0.322 e. The van der Waals surface area contributed by atoms with Crippen molar-refractivity contribution in [3.63, 3.8) is 0 Å². The Kier molecular flexibility index (Phi) is 5.68. The van der Waals surface area contributed by atoms with E-state index < -0.39 is 33.9 Å². The second-order valence-electron chi connectivity index (χ2n) is 6.36. The zero-order chi connectivity index (χ0) is 19.6. The van der Waals surface area contributed by atoms with E-state index in [9.17, 15) is 22.8 Å². The summed E-state index contributed by atoms with van der Waals surface area (Å²) < 4.78 is 26.8. The summed E-state index contributed by atoms with van der Waals surface area (Å²) in [5.41, 5.74) is 0.294. The average molecular weight is 415 g/mol. The molecule has 0 spiro atoms. The molecule has 0 aliphatic carbocycles. The van der Waals surface area contributed by atoms with Crippen LogP contribution in [0, 0.1) is 0 Å². The number of carbonyl (C=O) groups is 3. The van der Waals surface area contributed by atoms with Gasteiger partial charge in [0.2, 0.25) is 15.9 Å². The Morgan fingerprint density at radius 2 is 1.96 bits per heavy atom. The van der Waals surface area contributed by atoms with Crippen LogP contribution in [0.25, 0.3) is 0 Å². The van der Waals surface area contributed by atoms with Crippen molar-refractivity contribution in [2.45, 2.75) is 36.6 Å². The number of nitrogens with zero attached hydrogens (tertiary/aromatic N) is 1. The summed E-state index contributed by atoms with van der Waals surface area (Å²) in [7, 11) is -3.72. The number of hydrogen-bond donors (Lipinski definition) is 3. The van der Waals surface area contributed by atoms with Crippen molar-refractivity contribution < 1.29 is 22.8 Å². The van der Waals surface area contributed by atoms with E-state index in [-0.39, 0.29) is 22.8 Å². The van der Waals surface area contributed by atoms with Gasteiger partial charge in [-0.2, -0.15) is 4.31 Å². The molecular weight excluding hydrogens is 396 g/mol. The number of rotatable bonds is 6. The van der Waals surface area contributed by atoms with E-state index in [1.807, 2.05) is 0 Å². The summed E-state index contributed by atoms with van der Waals surface area (Å²) in [4.78, 5) is 34.6. The summed E-state index contributed by atoms with van der Waals surface area (Å²) in [6.07, 6.45) is 1.72. The fourth-order valence-electron chi connectivity index (χ4n) is 3.01. The molecule has 2 aliphatic heterocycles. The fourth-order valence-corrected chi connectivity index (χ4v) is 5.02. The molecule has 1 unspecified atom stereocenters. The molecule has 3 rings (SSSR count). The molecule has 2 heterocycles. The molecule has 0 saturated carbocycles. The number of amides is 4. The topological polar surface area (TPSA) is 125 Å². The van der Waals surface area contributed by atoms with Crippen LogP contribution in [0.2, 0.25) is 5.02 Å². The summed E-state index contributed by atoms with van der Waals surface area (Å²) in [5.74, 6) is -0.880. The molecule has 2 aliphatic rings. The van der Waals surface area contributed by atoms with E-state index in [1.54, 1.807) is 0 Å². The van der Waals surface area contributed by atoms with Crippen LogP contribution in [0.5, 0.6) is 0 Å². The normalized spacial score (nSPS) is 20.4. The molecule has 11 heteroatoms. The van der Waals surface area contributed by atoms with Gasteiger partial charge in [-0.15, -0.1) is 0 Å². The molecule has 2 fully saturated rings. The van der Waals surface area contributed by atoms with Crippen LogP contribution in [0.3, 0.4) is 0 Å². The minimum atomic E-state index is -3.72. The Bertz CT molecular complexity index is 883. The molecule has 0 aromatic heterocycles. The highest BCUT2D eigenvalue weighted by Gasteiger charge is 2.30. The number of urea groups is 1. The van der Waals surface area contributed by atoms with Gasteiger partial charge in [0.05, 0.1) is 5.02 Å². The van der Waals surface area contributed by atoms with Crippen molar-refractivity contribution in [1.29, 1.82) is 0 Å². The number of imide groups is 1. The Balaban J connectivity index is 1.66. The van der Waals surface area contributed by atoms with Crippen LogP contribution >= 0.6 is 11.6 Å².